The molecule has 0 fully saturated rings. The SMILES string of the molecule is COc1ccc(S(=O)(=O)Nc2ccccc2-c2nnc(-c3ccc(Cl)cc3)o2)cc1OC. The van der Waals surface area contributed by atoms with E-state index in [1.807, 2.05) is 0 Å². The third kappa shape index (κ3) is 4.39. The Bertz CT molecular complexity index is 1350. The number of aromatic nitrogens is 2. The van der Waals surface area contributed by atoms with Crippen molar-refractivity contribution in [2.45, 2.75) is 4.90 Å². The molecule has 4 rings (SSSR count). The molecule has 10 heteroatoms. The average Bonchev–Trinajstić information content (AvgIpc) is 3.29. The Hall–Kier alpha value is -3.56. The van der Waals surface area contributed by atoms with Gasteiger partial charge < -0.3 is 13.9 Å². The summed E-state index contributed by atoms with van der Waals surface area (Å²) in [6, 6.07) is 18.0. The highest BCUT2D eigenvalue weighted by molar-refractivity contribution is 7.92. The van der Waals surface area contributed by atoms with Crippen LogP contribution >= 0.6 is 11.6 Å². The lowest BCUT2D eigenvalue weighted by Crippen LogP contribution is -2.14. The summed E-state index contributed by atoms with van der Waals surface area (Å²) in [4.78, 5) is 0.0114. The maximum Gasteiger partial charge on any atom is 0.262 e. The number of halogens is 1. The molecule has 0 aliphatic rings. The maximum atomic E-state index is 13.0. The lowest BCUT2D eigenvalue weighted by Gasteiger charge is -2.13. The fourth-order valence-corrected chi connectivity index (χ4v) is 4.21. The van der Waals surface area contributed by atoms with Crippen LogP contribution in [0, 0.1) is 0 Å². The molecule has 1 N–H and O–H groups in total. The smallest absolute Gasteiger partial charge is 0.262 e. The predicted molar refractivity (Wildman–Crippen MR) is 121 cm³/mol. The fourth-order valence-electron chi connectivity index (χ4n) is 2.99. The fraction of sp³-hybridized carbons (Fsp3) is 0.0909. The van der Waals surface area contributed by atoms with E-state index in [9.17, 15) is 8.42 Å². The molecule has 0 bridgehead atoms. The Kier molecular flexibility index (Phi) is 6.02. The first-order valence-corrected chi connectivity index (χ1v) is 11.2. The van der Waals surface area contributed by atoms with Gasteiger partial charge >= 0.3 is 0 Å². The molecule has 0 unspecified atom stereocenters. The predicted octanol–water partition coefficient (Wildman–Crippen LogP) is 4.88. The normalized spacial score (nSPS) is 11.2. The Morgan fingerprint density at radius 1 is 0.875 bits per heavy atom. The first-order valence-electron chi connectivity index (χ1n) is 9.35. The van der Waals surface area contributed by atoms with Crippen molar-refractivity contribution in [3.8, 4) is 34.4 Å². The first-order chi connectivity index (χ1) is 15.4. The number of hydrogen-bond donors (Lipinski definition) is 1. The molecular weight excluding hydrogens is 454 g/mol. The molecule has 1 aromatic heterocycles. The van der Waals surface area contributed by atoms with Gasteiger partial charge in [0.25, 0.3) is 10.0 Å². The molecule has 0 spiro atoms. The Labute approximate surface area is 189 Å². The van der Waals surface area contributed by atoms with Gasteiger partial charge in [0.05, 0.1) is 30.4 Å². The maximum absolute atomic E-state index is 13.0. The van der Waals surface area contributed by atoms with E-state index in [-0.39, 0.29) is 22.4 Å². The van der Waals surface area contributed by atoms with E-state index in [0.29, 0.717) is 27.6 Å². The third-order valence-electron chi connectivity index (χ3n) is 4.58. The number of sulfonamides is 1. The summed E-state index contributed by atoms with van der Waals surface area (Å²) in [5, 5.41) is 8.73. The monoisotopic (exact) mass is 471 g/mol. The second-order valence-corrected chi connectivity index (χ2v) is 8.71. The molecule has 164 valence electrons. The summed E-state index contributed by atoms with van der Waals surface area (Å²) in [6.07, 6.45) is 0. The minimum Gasteiger partial charge on any atom is -0.493 e. The summed E-state index contributed by atoms with van der Waals surface area (Å²) in [7, 11) is -1.03. The van der Waals surface area contributed by atoms with Gasteiger partial charge in [0.15, 0.2) is 11.5 Å². The number of rotatable bonds is 7. The Morgan fingerprint density at radius 3 is 2.28 bits per heavy atom. The minimum absolute atomic E-state index is 0.0114. The van der Waals surface area contributed by atoms with Crippen molar-refractivity contribution in [3.63, 3.8) is 0 Å². The number of methoxy groups -OCH3 is 2. The van der Waals surface area contributed by atoms with Crippen molar-refractivity contribution in [1.29, 1.82) is 0 Å². The van der Waals surface area contributed by atoms with E-state index in [2.05, 4.69) is 14.9 Å². The molecule has 0 atom stereocenters. The zero-order chi connectivity index (χ0) is 22.7. The van der Waals surface area contributed by atoms with Gasteiger partial charge in [-0.3, -0.25) is 4.72 Å². The molecule has 4 aromatic rings. The molecule has 0 saturated heterocycles. The molecule has 8 nitrogen and oxygen atoms in total. The molecule has 0 saturated carbocycles. The highest BCUT2D eigenvalue weighted by Crippen LogP contribution is 2.33. The molecule has 3 aromatic carbocycles. The molecule has 0 aliphatic heterocycles. The second-order valence-electron chi connectivity index (χ2n) is 6.59. The van der Waals surface area contributed by atoms with E-state index in [0.717, 1.165) is 0 Å². The van der Waals surface area contributed by atoms with Crippen LogP contribution in [0.1, 0.15) is 0 Å². The Morgan fingerprint density at radius 2 is 1.56 bits per heavy atom. The third-order valence-corrected chi connectivity index (χ3v) is 6.20. The van der Waals surface area contributed by atoms with Crippen molar-refractivity contribution < 1.29 is 22.3 Å². The number of anilines is 1. The summed E-state index contributed by atoms with van der Waals surface area (Å²) in [6.45, 7) is 0. The van der Waals surface area contributed by atoms with E-state index in [4.69, 9.17) is 25.5 Å². The molecule has 0 aliphatic carbocycles. The molecule has 1 heterocycles. The van der Waals surface area contributed by atoms with E-state index in [1.165, 1.54) is 32.4 Å². The lowest BCUT2D eigenvalue weighted by atomic mass is 10.2. The summed E-state index contributed by atoms with van der Waals surface area (Å²) < 4.78 is 44.8. The van der Waals surface area contributed by atoms with Crippen LogP contribution in [0.4, 0.5) is 5.69 Å². The Balaban J connectivity index is 1.67. The number of benzene rings is 3. The second kappa shape index (κ2) is 8.89. The molecule has 32 heavy (non-hydrogen) atoms. The largest absolute Gasteiger partial charge is 0.493 e. The molecule has 0 radical (unpaired) electrons. The van der Waals surface area contributed by atoms with Gasteiger partial charge in [0.1, 0.15) is 0 Å². The van der Waals surface area contributed by atoms with Crippen LogP contribution < -0.4 is 14.2 Å². The van der Waals surface area contributed by atoms with Gasteiger partial charge in [-0.2, -0.15) is 0 Å². The topological polar surface area (TPSA) is 104 Å². The van der Waals surface area contributed by atoms with Crippen LogP contribution in [-0.4, -0.2) is 32.8 Å². The average molecular weight is 472 g/mol. The van der Waals surface area contributed by atoms with E-state index in [1.54, 1.807) is 48.5 Å². The standard InChI is InChI=1S/C22H18ClN3O5S/c1-29-19-12-11-16(13-20(19)30-2)32(27,28)26-18-6-4-3-5-17(18)22-25-24-21(31-22)14-7-9-15(23)10-8-14/h3-13,26H,1-2H3. The van der Waals surface area contributed by atoms with Crippen LogP contribution in [0.15, 0.2) is 76.0 Å². The number of hydrogen-bond acceptors (Lipinski definition) is 7. The van der Waals surface area contributed by atoms with Crippen LogP contribution in [0.25, 0.3) is 22.9 Å². The van der Waals surface area contributed by atoms with Gasteiger partial charge in [-0.05, 0) is 48.5 Å². The van der Waals surface area contributed by atoms with Gasteiger partial charge in [-0.1, -0.05) is 23.7 Å². The summed E-state index contributed by atoms with van der Waals surface area (Å²) in [5.74, 6) is 1.18. The highest BCUT2D eigenvalue weighted by Gasteiger charge is 2.21. The van der Waals surface area contributed by atoms with Crippen LogP contribution in [-0.2, 0) is 10.0 Å². The van der Waals surface area contributed by atoms with Crippen molar-refractivity contribution in [2.75, 3.05) is 18.9 Å². The molecule has 0 amide bonds. The van der Waals surface area contributed by atoms with Gasteiger partial charge in [-0.15, -0.1) is 10.2 Å². The van der Waals surface area contributed by atoms with Crippen LogP contribution in [0.5, 0.6) is 11.5 Å². The van der Waals surface area contributed by atoms with Gasteiger partial charge in [0.2, 0.25) is 11.8 Å². The number of nitrogens with zero attached hydrogens (tertiary/aromatic N) is 2. The van der Waals surface area contributed by atoms with E-state index >= 15 is 0 Å². The van der Waals surface area contributed by atoms with Gasteiger partial charge in [-0.25, -0.2) is 8.42 Å². The van der Waals surface area contributed by atoms with Crippen molar-refractivity contribution in [3.05, 3.63) is 71.8 Å². The van der Waals surface area contributed by atoms with Crippen molar-refractivity contribution in [1.82, 2.24) is 10.2 Å². The minimum atomic E-state index is -3.94. The quantitative estimate of drug-likeness (QED) is 0.409. The van der Waals surface area contributed by atoms with Crippen LogP contribution in [0.3, 0.4) is 0 Å². The number of nitrogens with one attached hydrogen (secondary N) is 1. The zero-order valence-electron chi connectivity index (χ0n) is 17.1. The number of para-hydroxylation sites is 1. The lowest BCUT2D eigenvalue weighted by molar-refractivity contribution is 0.354. The zero-order valence-corrected chi connectivity index (χ0v) is 18.6. The highest BCUT2D eigenvalue weighted by atomic mass is 35.5. The molecular formula is C22H18ClN3O5S. The summed E-state index contributed by atoms with van der Waals surface area (Å²) in [5.41, 5.74) is 1.41. The van der Waals surface area contributed by atoms with Gasteiger partial charge in [0, 0.05) is 16.7 Å². The first kappa shape index (κ1) is 21.7. The van der Waals surface area contributed by atoms with E-state index < -0.39 is 10.0 Å². The number of ether oxygens (including phenoxy) is 2. The summed E-state index contributed by atoms with van der Waals surface area (Å²) >= 11 is 5.92. The van der Waals surface area contributed by atoms with Crippen molar-refractivity contribution >= 4 is 27.3 Å². The van der Waals surface area contributed by atoms with Crippen molar-refractivity contribution in [2.24, 2.45) is 0 Å². The van der Waals surface area contributed by atoms with Crippen LogP contribution in [0.2, 0.25) is 5.02 Å².